The number of amides is 1. The van der Waals surface area contributed by atoms with Gasteiger partial charge in [0.05, 0.1) is 11.8 Å². The van der Waals surface area contributed by atoms with Crippen molar-refractivity contribution in [2.75, 3.05) is 6.54 Å². The first-order valence-electron chi connectivity index (χ1n) is 6.59. The number of nitrogens with one attached hydrogen (secondary N) is 1. The summed E-state index contributed by atoms with van der Waals surface area (Å²) in [5, 5.41) is 2.94. The highest BCUT2D eigenvalue weighted by molar-refractivity contribution is 5.97. The van der Waals surface area contributed by atoms with Gasteiger partial charge in [0.2, 0.25) is 0 Å². The summed E-state index contributed by atoms with van der Waals surface area (Å²) in [6.45, 7) is 7.46. The Morgan fingerprint density at radius 2 is 2.32 bits per heavy atom. The molecule has 0 aromatic carbocycles. The minimum atomic E-state index is -0.0513. The summed E-state index contributed by atoms with van der Waals surface area (Å²) in [5.74, 6) is 0.385. The molecule has 2 aromatic rings. The quantitative estimate of drug-likeness (QED) is 0.839. The number of carbonyl (C=O) groups excluding carboxylic acids is 1. The van der Waals surface area contributed by atoms with Gasteiger partial charge in [-0.25, -0.2) is 0 Å². The molecule has 0 bridgehead atoms. The number of rotatable bonds is 5. The molecule has 0 radical (unpaired) electrons. The molecule has 0 fully saturated rings. The molecule has 1 amide bonds. The van der Waals surface area contributed by atoms with Crippen LogP contribution < -0.4 is 5.32 Å². The fourth-order valence-electron chi connectivity index (χ4n) is 1.96. The summed E-state index contributed by atoms with van der Waals surface area (Å²) in [6, 6.07) is 3.69. The van der Waals surface area contributed by atoms with E-state index in [4.69, 9.17) is 4.42 Å². The Hall–Kier alpha value is -1.97. The van der Waals surface area contributed by atoms with Crippen LogP contribution in [0.5, 0.6) is 0 Å². The van der Waals surface area contributed by atoms with Gasteiger partial charge in [-0.3, -0.25) is 4.79 Å². The minimum absolute atomic E-state index is 0.0513. The van der Waals surface area contributed by atoms with E-state index in [9.17, 15) is 4.79 Å². The zero-order valence-electron chi connectivity index (χ0n) is 11.6. The molecular formula is C15H20N2O2. The third kappa shape index (κ3) is 2.89. The zero-order valence-corrected chi connectivity index (χ0v) is 11.6. The van der Waals surface area contributed by atoms with Crippen molar-refractivity contribution < 1.29 is 9.21 Å². The van der Waals surface area contributed by atoms with Crippen molar-refractivity contribution in [3.05, 3.63) is 36.2 Å². The van der Waals surface area contributed by atoms with E-state index in [1.165, 1.54) is 0 Å². The van der Waals surface area contributed by atoms with E-state index in [2.05, 4.69) is 19.2 Å². The number of carbonyl (C=O) groups is 1. The van der Waals surface area contributed by atoms with E-state index < -0.39 is 0 Å². The van der Waals surface area contributed by atoms with Gasteiger partial charge in [-0.05, 0) is 12.8 Å². The van der Waals surface area contributed by atoms with Crippen molar-refractivity contribution in [3.63, 3.8) is 0 Å². The average molecular weight is 260 g/mol. The molecule has 0 atom stereocenters. The lowest BCUT2D eigenvalue weighted by Gasteiger charge is -2.10. The first kappa shape index (κ1) is 13.5. The van der Waals surface area contributed by atoms with Crippen LogP contribution in [0.15, 0.2) is 35.0 Å². The molecule has 0 aliphatic carbocycles. The van der Waals surface area contributed by atoms with E-state index in [1.54, 1.807) is 12.3 Å². The van der Waals surface area contributed by atoms with Gasteiger partial charge in [-0.15, -0.1) is 0 Å². The van der Waals surface area contributed by atoms with Crippen molar-refractivity contribution >= 4 is 17.0 Å². The van der Waals surface area contributed by atoms with Gasteiger partial charge < -0.3 is 14.3 Å². The summed E-state index contributed by atoms with van der Waals surface area (Å²) in [6.07, 6.45) is 5.64. The highest BCUT2D eigenvalue weighted by Gasteiger charge is 2.16. The van der Waals surface area contributed by atoms with Crippen LogP contribution in [0.4, 0.5) is 0 Å². The van der Waals surface area contributed by atoms with Crippen molar-refractivity contribution in [3.8, 4) is 0 Å². The normalized spacial score (nSPS) is 11.8. The zero-order chi connectivity index (χ0) is 13.8. The molecule has 0 saturated carbocycles. The smallest absolute Gasteiger partial charge is 0.268 e. The summed E-state index contributed by atoms with van der Waals surface area (Å²) >= 11 is 0. The van der Waals surface area contributed by atoms with Gasteiger partial charge in [0.25, 0.3) is 5.91 Å². The Kier molecular flexibility index (Phi) is 4.10. The van der Waals surface area contributed by atoms with Gasteiger partial charge in [0.15, 0.2) is 5.58 Å². The number of hydrogen-bond acceptors (Lipinski definition) is 2. The fourth-order valence-corrected chi connectivity index (χ4v) is 1.96. The molecule has 0 spiro atoms. The largest absolute Gasteiger partial charge is 0.463 e. The van der Waals surface area contributed by atoms with Crippen LogP contribution in [0, 0.1) is 5.92 Å². The van der Waals surface area contributed by atoms with Crippen LogP contribution in [0.1, 0.15) is 31.3 Å². The molecule has 0 aliphatic rings. The number of fused-ring (bicyclic) bond motifs is 1. The predicted octanol–water partition coefficient (Wildman–Crippen LogP) is 3.20. The van der Waals surface area contributed by atoms with Gasteiger partial charge >= 0.3 is 0 Å². The first-order valence-corrected chi connectivity index (χ1v) is 6.59. The molecule has 19 heavy (non-hydrogen) atoms. The Morgan fingerprint density at radius 3 is 3.00 bits per heavy atom. The summed E-state index contributed by atoms with van der Waals surface area (Å²) in [4.78, 5) is 12.2. The Morgan fingerprint density at radius 1 is 1.53 bits per heavy atom. The van der Waals surface area contributed by atoms with Gasteiger partial charge in [0.1, 0.15) is 5.69 Å². The topological polar surface area (TPSA) is 47.2 Å². The SMILES string of the molecule is C/C=C\Cn1c(C(=O)NCC(C)C)cc2occc21. The van der Waals surface area contributed by atoms with Crippen molar-refractivity contribution in [1.29, 1.82) is 0 Å². The molecule has 2 aromatic heterocycles. The highest BCUT2D eigenvalue weighted by Crippen LogP contribution is 2.21. The van der Waals surface area contributed by atoms with Crippen LogP contribution in [0.25, 0.3) is 11.1 Å². The first-order chi connectivity index (χ1) is 9.13. The lowest BCUT2D eigenvalue weighted by atomic mass is 10.2. The van der Waals surface area contributed by atoms with E-state index in [1.807, 2.05) is 29.7 Å². The lowest BCUT2D eigenvalue weighted by Crippen LogP contribution is -2.29. The average Bonchev–Trinajstić information content (AvgIpc) is 2.94. The number of allylic oxidation sites excluding steroid dienone is 2. The Bertz CT molecular complexity index is 590. The Balaban J connectivity index is 2.30. The minimum Gasteiger partial charge on any atom is -0.463 e. The van der Waals surface area contributed by atoms with Crippen LogP contribution in [-0.4, -0.2) is 17.0 Å². The molecule has 0 saturated heterocycles. The molecule has 4 heteroatoms. The molecule has 1 N–H and O–H groups in total. The number of nitrogens with zero attached hydrogens (tertiary/aromatic N) is 1. The van der Waals surface area contributed by atoms with Gasteiger partial charge in [-0.2, -0.15) is 0 Å². The van der Waals surface area contributed by atoms with Crippen molar-refractivity contribution in [2.45, 2.75) is 27.3 Å². The number of hydrogen-bond donors (Lipinski definition) is 1. The van der Waals surface area contributed by atoms with Gasteiger partial charge in [0, 0.05) is 25.2 Å². The monoisotopic (exact) mass is 260 g/mol. The summed E-state index contributed by atoms with van der Waals surface area (Å²) < 4.78 is 7.34. The summed E-state index contributed by atoms with van der Waals surface area (Å²) in [5.41, 5.74) is 2.35. The number of aromatic nitrogens is 1. The predicted molar refractivity (Wildman–Crippen MR) is 76.2 cm³/mol. The maximum absolute atomic E-state index is 12.2. The molecule has 0 aliphatic heterocycles. The second kappa shape index (κ2) is 5.78. The van der Waals surface area contributed by atoms with Crippen LogP contribution in [0.3, 0.4) is 0 Å². The fraction of sp³-hybridized carbons (Fsp3) is 0.400. The van der Waals surface area contributed by atoms with E-state index in [0.29, 0.717) is 24.7 Å². The van der Waals surface area contributed by atoms with E-state index in [0.717, 1.165) is 11.1 Å². The Labute approximate surface area is 113 Å². The maximum Gasteiger partial charge on any atom is 0.268 e. The van der Waals surface area contributed by atoms with E-state index in [-0.39, 0.29) is 5.91 Å². The van der Waals surface area contributed by atoms with Crippen LogP contribution >= 0.6 is 0 Å². The maximum atomic E-state index is 12.2. The molecule has 2 heterocycles. The highest BCUT2D eigenvalue weighted by atomic mass is 16.3. The molecule has 4 nitrogen and oxygen atoms in total. The van der Waals surface area contributed by atoms with Crippen LogP contribution in [0.2, 0.25) is 0 Å². The van der Waals surface area contributed by atoms with Crippen LogP contribution in [-0.2, 0) is 6.54 Å². The third-order valence-corrected chi connectivity index (χ3v) is 2.95. The van der Waals surface area contributed by atoms with Gasteiger partial charge in [-0.1, -0.05) is 26.0 Å². The molecular weight excluding hydrogens is 240 g/mol. The standard InChI is InChI=1S/C15H20N2O2/c1-4-5-7-17-12-6-8-19-14(12)9-13(17)15(18)16-10-11(2)3/h4-6,8-9,11H,7,10H2,1-3H3,(H,16,18)/b5-4-. The molecule has 2 rings (SSSR count). The molecule has 102 valence electrons. The molecule has 0 unspecified atom stereocenters. The number of furan rings is 1. The lowest BCUT2D eigenvalue weighted by molar-refractivity contribution is 0.0940. The van der Waals surface area contributed by atoms with Crippen molar-refractivity contribution in [1.82, 2.24) is 9.88 Å². The van der Waals surface area contributed by atoms with E-state index >= 15 is 0 Å². The second-order valence-corrected chi connectivity index (χ2v) is 4.98. The summed E-state index contributed by atoms with van der Waals surface area (Å²) in [7, 11) is 0. The van der Waals surface area contributed by atoms with Crippen molar-refractivity contribution in [2.24, 2.45) is 5.92 Å². The second-order valence-electron chi connectivity index (χ2n) is 4.98. The third-order valence-electron chi connectivity index (χ3n) is 2.95.